The summed E-state index contributed by atoms with van der Waals surface area (Å²) in [4.78, 5) is 13.5. The monoisotopic (exact) mass is 363 g/mol. The molecule has 0 bridgehead atoms. The zero-order chi connectivity index (χ0) is 18.7. The SMILES string of the molecule is NC1=NC(CN2CCN(c3ccccc3)CC2)(c2ccccc2)NC(N)=N1. The molecule has 5 N–H and O–H groups in total. The lowest BCUT2D eigenvalue weighted by Crippen LogP contribution is -2.59. The van der Waals surface area contributed by atoms with E-state index in [-0.39, 0.29) is 5.96 Å². The number of piperazine rings is 1. The minimum Gasteiger partial charge on any atom is -0.370 e. The van der Waals surface area contributed by atoms with E-state index in [2.05, 4.69) is 49.4 Å². The van der Waals surface area contributed by atoms with Gasteiger partial charge in [-0.15, -0.1) is 0 Å². The van der Waals surface area contributed by atoms with Gasteiger partial charge in [0, 0.05) is 44.0 Å². The maximum Gasteiger partial charge on any atom is 0.221 e. The molecule has 0 aliphatic carbocycles. The number of hydrogen-bond donors (Lipinski definition) is 3. The Balaban J connectivity index is 1.51. The van der Waals surface area contributed by atoms with Crippen LogP contribution in [0.15, 0.2) is 70.6 Å². The van der Waals surface area contributed by atoms with Crippen LogP contribution in [0.25, 0.3) is 0 Å². The third-order valence-corrected chi connectivity index (χ3v) is 5.07. The summed E-state index contributed by atoms with van der Waals surface area (Å²) in [5, 5.41) is 3.27. The predicted octanol–water partition coefficient (Wildman–Crippen LogP) is 0.894. The van der Waals surface area contributed by atoms with Crippen molar-refractivity contribution in [2.75, 3.05) is 37.6 Å². The Labute approximate surface area is 159 Å². The number of rotatable bonds is 4. The van der Waals surface area contributed by atoms with Gasteiger partial charge >= 0.3 is 0 Å². The van der Waals surface area contributed by atoms with Crippen LogP contribution in [-0.2, 0) is 5.66 Å². The van der Waals surface area contributed by atoms with Crippen LogP contribution in [0.4, 0.5) is 5.69 Å². The summed E-state index contributed by atoms with van der Waals surface area (Å²) < 4.78 is 0. The Kier molecular flexibility index (Phi) is 4.68. The third-order valence-electron chi connectivity index (χ3n) is 5.07. The lowest BCUT2D eigenvalue weighted by molar-refractivity contribution is 0.187. The van der Waals surface area contributed by atoms with Gasteiger partial charge in [0.1, 0.15) is 0 Å². The van der Waals surface area contributed by atoms with Crippen molar-refractivity contribution >= 4 is 17.6 Å². The molecule has 0 amide bonds. The lowest BCUT2D eigenvalue weighted by Gasteiger charge is -2.42. The fourth-order valence-corrected chi connectivity index (χ4v) is 3.76. The topological polar surface area (TPSA) is 95.3 Å². The lowest BCUT2D eigenvalue weighted by atomic mass is 9.98. The highest BCUT2D eigenvalue weighted by atomic mass is 15.4. The van der Waals surface area contributed by atoms with E-state index in [0.29, 0.717) is 12.5 Å². The fraction of sp³-hybridized carbons (Fsp3) is 0.300. The van der Waals surface area contributed by atoms with Crippen molar-refractivity contribution in [1.29, 1.82) is 0 Å². The highest BCUT2D eigenvalue weighted by Crippen LogP contribution is 2.27. The molecule has 4 rings (SSSR count). The van der Waals surface area contributed by atoms with Gasteiger partial charge in [0.15, 0.2) is 11.6 Å². The van der Waals surface area contributed by atoms with Gasteiger partial charge in [-0.1, -0.05) is 48.5 Å². The Bertz CT molecular complexity index is 826. The number of guanidine groups is 2. The Morgan fingerprint density at radius 2 is 1.52 bits per heavy atom. The number of aliphatic imine (C=N–C) groups is 2. The van der Waals surface area contributed by atoms with Crippen LogP contribution in [0.3, 0.4) is 0 Å². The molecule has 2 aliphatic heterocycles. The summed E-state index contributed by atoms with van der Waals surface area (Å²) in [6, 6.07) is 20.6. The van der Waals surface area contributed by atoms with Gasteiger partial charge in [0.05, 0.1) is 0 Å². The Hall–Kier alpha value is -3.06. The van der Waals surface area contributed by atoms with Gasteiger partial charge in [-0.05, 0) is 12.1 Å². The standard InChI is InChI=1S/C20H25N7/c21-18-23-19(22)25-20(24-18,16-7-3-1-4-8-16)15-26-11-13-27(14-12-26)17-9-5-2-6-10-17/h1-10H,11-15H2,(H5,21,22,23,24,25). The van der Waals surface area contributed by atoms with Crippen LogP contribution in [0.1, 0.15) is 5.56 Å². The van der Waals surface area contributed by atoms with Crippen molar-refractivity contribution in [3.05, 3.63) is 66.2 Å². The maximum atomic E-state index is 5.99. The zero-order valence-corrected chi connectivity index (χ0v) is 15.3. The smallest absolute Gasteiger partial charge is 0.221 e. The summed E-state index contributed by atoms with van der Waals surface area (Å²) in [6.45, 7) is 4.50. The van der Waals surface area contributed by atoms with Crippen molar-refractivity contribution in [3.8, 4) is 0 Å². The van der Waals surface area contributed by atoms with E-state index in [9.17, 15) is 0 Å². The van der Waals surface area contributed by atoms with Crippen LogP contribution in [0, 0.1) is 0 Å². The molecule has 27 heavy (non-hydrogen) atoms. The van der Waals surface area contributed by atoms with Gasteiger partial charge in [0.2, 0.25) is 5.96 Å². The third kappa shape index (κ3) is 3.73. The average molecular weight is 363 g/mol. The summed E-state index contributed by atoms with van der Waals surface area (Å²) >= 11 is 0. The number of nitrogens with zero attached hydrogens (tertiary/aromatic N) is 4. The fourth-order valence-electron chi connectivity index (χ4n) is 3.76. The van der Waals surface area contributed by atoms with Gasteiger partial charge in [0.25, 0.3) is 0 Å². The first-order valence-electron chi connectivity index (χ1n) is 9.20. The predicted molar refractivity (Wildman–Crippen MR) is 110 cm³/mol. The molecule has 2 aromatic rings. The molecule has 0 aromatic heterocycles. The molecule has 1 fully saturated rings. The van der Waals surface area contributed by atoms with Crippen LogP contribution in [-0.4, -0.2) is 49.5 Å². The molecule has 2 heterocycles. The number of para-hydroxylation sites is 1. The van der Waals surface area contributed by atoms with E-state index in [1.165, 1.54) is 5.69 Å². The van der Waals surface area contributed by atoms with E-state index < -0.39 is 5.66 Å². The van der Waals surface area contributed by atoms with E-state index in [1.807, 2.05) is 36.4 Å². The average Bonchev–Trinajstić information content (AvgIpc) is 2.69. The minimum atomic E-state index is -0.716. The molecular weight excluding hydrogens is 338 g/mol. The zero-order valence-electron chi connectivity index (χ0n) is 15.3. The molecular formula is C20H25N7. The largest absolute Gasteiger partial charge is 0.370 e. The molecule has 1 atom stereocenters. The van der Waals surface area contributed by atoms with Crippen molar-refractivity contribution in [3.63, 3.8) is 0 Å². The molecule has 0 saturated carbocycles. The van der Waals surface area contributed by atoms with Crippen LogP contribution < -0.4 is 21.7 Å². The molecule has 7 nitrogen and oxygen atoms in total. The summed E-state index contributed by atoms with van der Waals surface area (Å²) in [5.41, 5.74) is 13.5. The molecule has 2 aliphatic rings. The quantitative estimate of drug-likeness (QED) is 0.750. The first-order chi connectivity index (χ1) is 13.1. The number of anilines is 1. The molecule has 140 valence electrons. The summed E-state index contributed by atoms with van der Waals surface area (Å²) in [7, 11) is 0. The first-order valence-corrected chi connectivity index (χ1v) is 9.20. The molecule has 0 spiro atoms. The van der Waals surface area contributed by atoms with Crippen LogP contribution in [0.2, 0.25) is 0 Å². The Morgan fingerprint density at radius 1 is 0.889 bits per heavy atom. The summed E-state index contributed by atoms with van der Waals surface area (Å²) in [6.07, 6.45) is 0. The Morgan fingerprint density at radius 3 is 2.15 bits per heavy atom. The molecule has 1 saturated heterocycles. The second-order valence-corrected chi connectivity index (χ2v) is 6.92. The van der Waals surface area contributed by atoms with Gasteiger partial charge < -0.3 is 21.7 Å². The number of nitrogens with two attached hydrogens (primary N) is 2. The van der Waals surface area contributed by atoms with E-state index in [1.54, 1.807) is 0 Å². The van der Waals surface area contributed by atoms with Crippen molar-refractivity contribution in [1.82, 2.24) is 10.2 Å². The summed E-state index contributed by atoms with van der Waals surface area (Å²) in [5.74, 6) is 0.507. The molecule has 1 unspecified atom stereocenters. The normalized spacial score (nSPS) is 23.3. The molecule has 0 radical (unpaired) electrons. The minimum absolute atomic E-state index is 0.207. The van der Waals surface area contributed by atoms with Crippen molar-refractivity contribution in [2.45, 2.75) is 5.66 Å². The number of benzene rings is 2. The highest BCUT2D eigenvalue weighted by Gasteiger charge is 2.37. The van der Waals surface area contributed by atoms with Gasteiger partial charge in [-0.3, -0.25) is 4.90 Å². The van der Waals surface area contributed by atoms with Crippen molar-refractivity contribution < 1.29 is 0 Å². The molecule has 7 heteroatoms. The van der Waals surface area contributed by atoms with Gasteiger partial charge in [-0.25, -0.2) is 4.99 Å². The first kappa shape index (κ1) is 17.4. The second-order valence-electron chi connectivity index (χ2n) is 6.92. The van der Waals surface area contributed by atoms with E-state index in [0.717, 1.165) is 31.7 Å². The van der Waals surface area contributed by atoms with Crippen LogP contribution >= 0.6 is 0 Å². The highest BCUT2D eigenvalue weighted by molar-refractivity contribution is 5.96. The van der Waals surface area contributed by atoms with E-state index in [4.69, 9.17) is 11.5 Å². The van der Waals surface area contributed by atoms with Gasteiger partial charge in [-0.2, -0.15) is 4.99 Å². The molecule has 2 aromatic carbocycles. The number of hydrogen-bond acceptors (Lipinski definition) is 7. The van der Waals surface area contributed by atoms with Crippen molar-refractivity contribution in [2.24, 2.45) is 21.5 Å². The maximum absolute atomic E-state index is 5.99. The van der Waals surface area contributed by atoms with Crippen LogP contribution in [0.5, 0.6) is 0 Å². The number of nitrogens with one attached hydrogen (secondary N) is 1. The van der Waals surface area contributed by atoms with E-state index >= 15 is 0 Å². The second kappa shape index (κ2) is 7.28.